The molecule has 0 aromatic heterocycles. The minimum Gasteiger partial charge on any atom is -0.392 e. The first-order chi connectivity index (χ1) is 5.81. The van der Waals surface area contributed by atoms with Gasteiger partial charge in [0.1, 0.15) is 0 Å². The summed E-state index contributed by atoms with van der Waals surface area (Å²) in [7, 11) is 0. The van der Waals surface area contributed by atoms with Crippen molar-refractivity contribution in [2.24, 2.45) is 5.41 Å². The van der Waals surface area contributed by atoms with Crippen LogP contribution in [0.1, 0.15) is 47.5 Å². The summed E-state index contributed by atoms with van der Waals surface area (Å²) >= 11 is 1.84. The highest BCUT2D eigenvalue weighted by Gasteiger charge is 2.13. The number of rotatable bonds is 5. The number of hydrogen-bond acceptors (Lipinski definition) is 2. The average Bonchev–Trinajstić information content (AvgIpc) is 1.95. The molecule has 2 heteroatoms. The molecule has 1 unspecified atom stereocenters. The minimum absolute atomic E-state index is 0.119. The smallest absolute Gasteiger partial charge is 0.0630 e. The van der Waals surface area contributed by atoms with Crippen LogP contribution in [0.4, 0.5) is 0 Å². The van der Waals surface area contributed by atoms with Gasteiger partial charge in [-0.05, 0) is 23.5 Å². The van der Waals surface area contributed by atoms with Crippen molar-refractivity contribution in [3.05, 3.63) is 0 Å². The predicted molar refractivity (Wildman–Crippen MR) is 62.3 cm³/mol. The first kappa shape index (κ1) is 13.3. The van der Waals surface area contributed by atoms with Gasteiger partial charge in [0, 0.05) is 5.75 Å². The molecule has 0 fully saturated rings. The molecule has 0 aliphatic heterocycles. The molecule has 0 amide bonds. The van der Waals surface area contributed by atoms with Crippen LogP contribution in [0.2, 0.25) is 0 Å². The molecule has 0 saturated carbocycles. The van der Waals surface area contributed by atoms with Gasteiger partial charge in [-0.15, -0.1) is 0 Å². The number of thioether (sulfide) groups is 1. The highest BCUT2D eigenvalue weighted by Crippen LogP contribution is 2.23. The van der Waals surface area contributed by atoms with Gasteiger partial charge in [0.25, 0.3) is 0 Å². The van der Waals surface area contributed by atoms with Crippen molar-refractivity contribution < 1.29 is 5.11 Å². The fourth-order valence-electron chi connectivity index (χ4n) is 0.986. The number of aliphatic hydroxyl groups is 1. The van der Waals surface area contributed by atoms with E-state index < -0.39 is 0 Å². The molecule has 0 spiro atoms. The Morgan fingerprint density at radius 1 is 1.23 bits per heavy atom. The van der Waals surface area contributed by atoms with E-state index in [2.05, 4.69) is 34.6 Å². The Morgan fingerprint density at radius 2 is 1.77 bits per heavy atom. The zero-order valence-corrected chi connectivity index (χ0v) is 10.4. The van der Waals surface area contributed by atoms with E-state index in [1.165, 1.54) is 0 Å². The second kappa shape index (κ2) is 5.92. The molecule has 0 radical (unpaired) electrons. The quantitative estimate of drug-likeness (QED) is 0.741. The average molecular weight is 204 g/mol. The first-order valence-corrected chi connectivity index (χ1v) is 6.16. The standard InChI is InChI=1S/C11H24OS/c1-9(2)13-8-10(12)6-7-11(3,4)5/h9-10,12H,6-8H2,1-5H3. The summed E-state index contributed by atoms with van der Waals surface area (Å²) < 4.78 is 0. The third kappa shape index (κ3) is 10.2. The fourth-order valence-corrected chi connectivity index (χ4v) is 1.76. The number of hydrogen-bond donors (Lipinski definition) is 1. The molecule has 0 aliphatic carbocycles. The third-order valence-corrected chi connectivity index (χ3v) is 3.09. The summed E-state index contributed by atoms with van der Waals surface area (Å²) in [6, 6.07) is 0. The van der Waals surface area contributed by atoms with Crippen LogP contribution < -0.4 is 0 Å². The summed E-state index contributed by atoms with van der Waals surface area (Å²) in [4.78, 5) is 0. The zero-order chi connectivity index (χ0) is 10.5. The van der Waals surface area contributed by atoms with Crippen LogP contribution in [0, 0.1) is 5.41 Å². The molecular formula is C11H24OS. The van der Waals surface area contributed by atoms with Crippen molar-refractivity contribution in [2.45, 2.75) is 58.8 Å². The van der Waals surface area contributed by atoms with Crippen molar-refractivity contribution in [2.75, 3.05) is 5.75 Å². The Bertz CT molecular complexity index is 127. The molecule has 0 saturated heterocycles. The highest BCUT2D eigenvalue weighted by molar-refractivity contribution is 7.99. The van der Waals surface area contributed by atoms with E-state index in [9.17, 15) is 5.11 Å². The molecular weight excluding hydrogens is 180 g/mol. The Kier molecular flexibility index (Phi) is 6.06. The monoisotopic (exact) mass is 204 g/mol. The minimum atomic E-state index is -0.119. The van der Waals surface area contributed by atoms with E-state index in [4.69, 9.17) is 0 Å². The lowest BCUT2D eigenvalue weighted by atomic mass is 9.89. The van der Waals surface area contributed by atoms with Gasteiger partial charge in [0.15, 0.2) is 0 Å². The second-order valence-corrected chi connectivity index (χ2v) is 6.74. The molecule has 80 valence electrons. The van der Waals surface area contributed by atoms with Crippen LogP contribution in [0.15, 0.2) is 0 Å². The summed E-state index contributed by atoms with van der Waals surface area (Å²) in [5.74, 6) is 0.883. The van der Waals surface area contributed by atoms with Crippen molar-refractivity contribution in [1.29, 1.82) is 0 Å². The van der Waals surface area contributed by atoms with E-state index >= 15 is 0 Å². The van der Waals surface area contributed by atoms with Crippen LogP contribution in [0.25, 0.3) is 0 Å². The largest absolute Gasteiger partial charge is 0.392 e. The lowest BCUT2D eigenvalue weighted by molar-refractivity contribution is 0.167. The molecule has 0 aromatic carbocycles. The molecule has 1 nitrogen and oxygen atoms in total. The Labute approximate surface area is 87.3 Å². The molecule has 1 atom stereocenters. The van der Waals surface area contributed by atoms with Crippen LogP contribution in [-0.2, 0) is 0 Å². The van der Waals surface area contributed by atoms with Crippen LogP contribution >= 0.6 is 11.8 Å². The van der Waals surface area contributed by atoms with E-state index in [-0.39, 0.29) is 6.10 Å². The molecule has 0 bridgehead atoms. The maximum absolute atomic E-state index is 9.64. The SMILES string of the molecule is CC(C)SCC(O)CCC(C)(C)C. The van der Waals surface area contributed by atoms with E-state index in [0.29, 0.717) is 10.7 Å². The van der Waals surface area contributed by atoms with Crippen LogP contribution in [0.5, 0.6) is 0 Å². The Hall–Kier alpha value is 0.310. The fraction of sp³-hybridized carbons (Fsp3) is 1.00. The summed E-state index contributed by atoms with van der Waals surface area (Å²) in [6.07, 6.45) is 1.92. The molecule has 0 aromatic rings. The third-order valence-electron chi connectivity index (χ3n) is 1.85. The van der Waals surface area contributed by atoms with E-state index in [1.54, 1.807) is 0 Å². The van der Waals surface area contributed by atoms with Gasteiger partial charge in [0.2, 0.25) is 0 Å². The van der Waals surface area contributed by atoms with Crippen molar-refractivity contribution in [3.8, 4) is 0 Å². The lowest BCUT2D eigenvalue weighted by Gasteiger charge is -2.20. The second-order valence-electron chi connectivity index (χ2n) is 5.14. The maximum Gasteiger partial charge on any atom is 0.0630 e. The first-order valence-electron chi connectivity index (χ1n) is 5.11. The van der Waals surface area contributed by atoms with Crippen molar-refractivity contribution in [3.63, 3.8) is 0 Å². The molecule has 13 heavy (non-hydrogen) atoms. The topological polar surface area (TPSA) is 20.2 Å². The van der Waals surface area contributed by atoms with Gasteiger partial charge >= 0.3 is 0 Å². The summed E-state index contributed by atoms with van der Waals surface area (Å²) in [6.45, 7) is 11.0. The van der Waals surface area contributed by atoms with Gasteiger partial charge in [-0.2, -0.15) is 11.8 Å². The highest BCUT2D eigenvalue weighted by atomic mass is 32.2. The van der Waals surface area contributed by atoms with Gasteiger partial charge in [-0.1, -0.05) is 34.6 Å². The molecule has 1 N–H and O–H groups in total. The van der Waals surface area contributed by atoms with E-state index in [0.717, 1.165) is 18.6 Å². The van der Waals surface area contributed by atoms with Crippen LogP contribution in [-0.4, -0.2) is 22.2 Å². The van der Waals surface area contributed by atoms with E-state index in [1.807, 2.05) is 11.8 Å². The molecule has 0 heterocycles. The van der Waals surface area contributed by atoms with Gasteiger partial charge in [0.05, 0.1) is 6.10 Å². The summed E-state index contributed by atoms with van der Waals surface area (Å²) in [5.41, 5.74) is 0.351. The van der Waals surface area contributed by atoms with Gasteiger partial charge < -0.3 is 5.11 Å². The maximum atomic E-state index is 9.64. The van der Waals surface area contributed by atoms with Crippen molar-refractivity contribution in [1.82, 2.24) is 0 Å². The normalized spacial score (nSPS) is 15.0. The van der Waals surface area contributed by atoms with Crippen molar-refractivity contribution >= 4 is 11.8 Å². The van der Waals surface area contributed by atoms with Gasteiger partial charge in [-0.25, -0.2) is 0 Å². The Morgan fingerprint density at radius 3 is 2.15 bits per heavy atom. The number of aliphatic hydroxyl groups excluding tert-OH is 1. The predicted octanol–water partition coefficient (Wildman–Crippen LogP) is 3.32. The summed E-state index contributed by atoms with van der Waals surface area (Å²) in [5, 5.41) is 10.3. The van der Waals surface area contributed by atoms with Crippen LogP contribution in [0.3, 0.4) is 0 Å². The zero-order valence-electron chi connectivity index (χ0n) is 9.63. The van der Waals surface area contributed by atoms with Gasteiger partial charge in [-0.3, -0.25) is 0 Å². The molecule has 0 aliphatic rings. The lowest BCUT2D eigenvalue weighted by Crippen LogP contribution is -2.15. The molecule has 0 rings (SSSR count). The Balaban J connectivity index is 3.46.